The Hall–Kier alpha value is -2.26. The first-order valence-electron chi connectivity index (χ1n) is 9.41. The Kier molecular flexibility index (Phi) is 5.20. The zero-order chi connectivity index (χ0) is 20.8. The van der Waals surface area contributed by atoms with Gasteiger partial charge in [0, 0.05) is 11.0 Å². The summed E-state index contributed by atoms with van der Waals surface area (Å²) in [5, 5.41) is 22.9. The van der Waals surface area contributed by atoms with Gasteiger partial charge in [0.25, 0.3) is 10.0 Å². The maximum absolute atomic E-state index is 13.1. The van der Waals surface area contributed by atoms with E-state index in [-0.39, 0.29) is 22.1 Å². The second-order valence-corrected chi connectivity index (χ2v) is 10.2. The van der Waals surface area contributed by atoms with Crippen molar-refractivity contribution in [2.24, 2.45) is 5.92 Å². The molecule has 29 heavy (non-hydrogen) atoms. The molecular formula is C20H21BrN2O5S. The number of aromatic hydroxyl groups is 1. The molecule has 4 rings (SSSR count). The fourth-order valence-electron chi connectivity index (χ4n) is 3.19. The van der Waals surface area contributed by atoms with Gasteiger partial charge in [-0.3, -0.25) is 4.72 Å². The van der Waals surface area contributed by atoms with Crippen LogP contribution in [0.5, 0.6) is 5.75 Å². The van der Waals surface area contributed by atoms with E-state index in [9.17, 15) is 23.4 Å². The van der Waals surface area contributed by atoms with Crippen LogP contribution in [0.4, 0.5) is 11.4 Å². The van der Waals surface area contributed by atoms with Crippen LogP contribution in [-0.4, -0.2) is 31.1 Å². The SMILES string of the molecule is O=C(O)c1cc(C2CC2)cc(NS(=O)(=O)c2cc(Br)ccc2NCC2CC2)c1O. The molecule has 0 bridgehead atoms. The summed E-state index contributed by atoms with van der Waals surface area (Å²) in [6.07, 6.45) is 4.08. The van der Waals surface area contributed by atoms with Gasteiger partial charge in [-0.25, -0.2) is 13.2 Å². The molecule has 2 fully saturated rings. The van der Waals surface area contributed by atoms with Crippen LogP contribution in [-0.2, 0) is 10.0 Å². The van der Waals surface area contributed by atoms with E-state index in [0.717, 1.165) is 25.7 Å². The standard InChI is InChI=1S/C20H21BrN2O5S/c21-14-5-6-16(22-10-11-1-2-11)18(9-14)29(27,28)23-17-8-13(12-3-4-12)7-15(19(17)24)20(25)26/h5-9,11-12,22-24H,1-4,10H2,(H,25,26). The van der Waals surface area contributed by atoms with Crippen LogP contribution < -0.4 is 10.0 Å². The van der Waals surface area contributed by atoms with Crippen molar-refractivity contribution in [3.8, 4) is 5.75 Å². The number of nitrogens with one attached hydrogen (secondary N) is 2. The highest BCUT2D eigenvalue weighted by atomic mass is 79.9. The molecule has 9 heteroatoms. The van der Waals surface area contributed by atoms with Gasteiger partial charge in [0.1, 0.15) is 10.5 Å². The van der Waals surface area contributed by atoms with Crippen LogP contribution >= 0.6 is 15.9 Å². The average Bonchev–Trinajstić information content (AvgIpc) is 3.54. The van der Waals surface area contributed by atoms with Gasteiger partial charge in [-0.1, -0.05) is 15.9 Å². The van der Waals surface area contributed by atoms with Crippen LogP contribution in [0.25, 0.3) is 0 Å². The molecular weight excluding hydrogens is 460 g/mol. The number of hydrogen-bond acceptors (Lipinski definition) is 5. The zero-order valence-electron chi connectivity index (χ0n) is 15.5. The van der Waals surface area contributed by atoms with E-state index < -0.39 is 21.7 Å². The van der Waals surface area contributed by atoms with E-state index in [1.807, 2.05) is 0 Å². The van der Waals surface area contributed by atoms with Crippen molar-refractivity contribution in [1.29, 1.82) is 0 Å². The molecule has 0 unspecified atom stereocenters. The summed E-state index contributed by atoms with van der Waals surface area (Å²) in [6.45, 7) is 0.690. The van der Waals surface area contributed by atoms with Gasteiger partial charge in [-0.05, 0) is 73.4 Å². The molecule has 2 aromatic carbocycles. The molecule has 0 amide bonds. The number of halogens is 1. The van der Waals surface area contributed by atoms with E-state index in [1.54, 1.807) is 12.1 Å². The minimum atomic E-state index is -4.08. The highest BCUT2D eigenvalue weighted by molar-refractivity contribution is 9.10. The summed E-state index contributed by atoms with van der Waals surface area (Å²) in [7, 11) is -4.08. The molecule has 7 nitrogen and oxygen atoms in total. The highest BCUT2D eigenvalue weighted by Crippen LogP contribution is 2.44. The van der Waals surface area contributed by atoms with Crippen molar-refractivity contribution >= 4 is 43.3 Å². The number of hydrogen-bond donors (Lipinski definition) is 4. The Morgan fingerprint density at radius 2 is 1.83 bits per heavy atom. The Morgan fingerprint density at radius 1 is 1.10 bits per heavy atom. The number of benzene rings is 2. The number of aromatic carboxylic acids is 1. The summed E-state index contributed by atoms with van der Waals surface area (Å²) in [4.78, 5) is 11.5. The fourth-order valence-corrected chi connectivity index (χ4v) is 4.97. The number of sulfonamides is 1. The Morgan fingerprint density at radius 3 is 2.45 bits per heavy atom. The van der Waals surface area contributed by atoms with Crippen LogP contribution in [0, 0.1) is 5.92 Å². The van der Waals surface area contributed by atoms with Gasteiger partial charge in [-0.2, -0.15) is 0 Å². The highest BCUT2D eigenvalue weighted by Gasteiger charge is 2.29. The van der Waals surface area contributed by atoms with E-state index in [0.29, 0.717) is 28.2 Å². The lowest BCUT2D eigenvalue weighted by molar-refractivity contribution is 0.0693. The first-order valence-corrected chi connectivity index (χ1v) is 11.7. The number of carbonyl (C=O) groups is 1. The largest absolute Gasteiger partial charge is 0.505 e. The Bertz CT molecular complexity index is 1080. The summed E-state index contributed by atoms with van der Waals surface area (Å²) >= 11 is 3.30. The first kappa shape index (κ1) is 20.0. The van der Waals surface area contributed by atoms with Gasteiger partial charge in [0.2, 0.25) is 0 Å². The molecule has 0 aliphatic heterocycles. The number of carboxylic acid groups (broad SMARTS) is 1. The molecule has 0 spiro atoms. The minimum absolute atomic E-state index is 0.0284. The van der Waals surface area contributed by atoms with Gasteiger partial charge < -0.3 is 15.5 Å². The Balaban J connectivity index is 1.70. The maximum atomic E-state index is 13.1. The normalized spacial score (nSPS) is 16.4. The summed E-state index contributed by atoms with van der Waals surface area (Å²) in [5.74, 6) is -1.15. The van der Waals surface area contributed by atoms with Crippen molar-refractivity contribution in [2.45, 2.75) is 36.5 Å². The second kappa shape index (κ2) is 7.53. The number of rotatable bonds is 8. The zero-order valence-corrected chi connectivity index (χ0v) is 17.9. The maximum Gasteiger partial charge on any atom is 0.339 e. The topological polar surface area (TPSA) is 116 Å². The van der Waals surface area contributed by atoms with E-state index in [1.165, 1.54) is 18.2 Å². The molecule has 4 N–H and O–H groups in total. The van der Waals surface area contributed by atoms with Gasteiger partial charge in [0.05, 0.1) is 11.4 Å². The Labute approximate surface area is 177 Å². The third-order valence-corrected chi connectivity index (χ3v) is 7.07. The van der Waals surface area contributed by atoms with E-state index in [2.05, 4.69) is 26.0 Å². The summed E-state index contributed by atoms with van der Waals surface area (Å²) in [5.41, 5.74) is 0.733. The summed E-state index contributed by atoms with van der Waals surface area (Å²) in [6, 6.07) is 7.85. The monoisotopic (exact) mass is 480 g/mol. The van der Waals surface area contributed by atoms with Crippen molar-refractivity contribution < 1.29 is 23.4 Å². The van der Waals surface area contributed by atoms with Crippen LogP contribution in [0.15, 0.2) is 39.7 Å². The number of phenols is 1. The van der Waals surface area contributed by atoms with Crippen molar-refractivity contribution in [1.82, 2.24) is 0 Å². The van der Waals surface area contributed by atoms with Crippen molar-refractivity contribution in [3.63, 3.8) is 0 Å². The molecule has 2 aliphatic rings. The summed E-state index contributed by atoms with van der Waals surface area (Å²) < 4.78 is 29.3. The lowest BCUT2D eigenvalue weighted by Gasteiger charge is -2.16. The molecule has 0 aromatic heterocycles. The molecule has 0 atom stereocenters. The molecule has 0 radical (unpaired) electrons. The van der Waals surface area contributed by atoms with Crippen molar-refractivity contribution in [2.75, 3.05) is 16.6 Å². The second-order valence-electron chi connectivity index (χ2n) is 7.61. The smallest absolute Gasteiger partial charge is 0.339 e. The predicted octanol–water partition coefficient (Wildman–Crippen LogP) is 4.35. The molecule has 0 saturated heterocycles. The van der Waals surface area contributed by atoms with E-state index in [4.69, 9.17) is 0 Å². The lowest BCUT2D eigenvalue weighted by atomic mass is 10.0. The van der Waals surface area contributed by atoms with Gasteiger partial charge in [0.15, 0.2) is 5.75 Å². The molecule has 0 heterocycles. The average molecular weight is 481 g/mol. The van der Waals surface area contributed by atoms with Crippen LogP contribution in [0.1, 0.15) is 47.5 Å². The number of carboxylic acids is 1. The number of anilines is 2. The predicted molar refractivity (Wildman–Crippen MR) is 113 cm³/mol. The third-order valence-electron chi connectivity index (χ3n) is 5.17. The van der Waals surface area contributed by atoms with Crippen LogP contribution in [0.3, 0.4) is 0 Å². The molecule has 154 valence electrons. The van der Waals surface area contributed by atoms with Crippen molar-refractivity contribution in [3.05, 3.63) is 45.9 Å². The van der Waals surface area contributed by atoms with Crippen LogP contribution in [0.2, 0.25) is 0 Å². The fraction of sp³-hybridized carbons (Fsp3) is 0.350. The lowest BCUT2D eigenvalue weighted by Crippen LogP contribution is -2.17. The van der Waals surface area contributed by atoms with Gasteiger partial charge in [-0.15, -0.1) is 0 Å². The van der Waals surface area contributed by atoms with Gasteiger partial charge >= 0.3 is 5.97 Å². The molecule has 2 aliphatic carbocycles. The minimum Gasteiger partial charge on any atom is -0.505 e. The van der Waals surface area contributed by atoms with E-state index >= 15 is 0 Å². The first-order chi connectivity index (χ1) is 13.7. The molecule has 2 aromatic rings. The third kappa shape index (κ3) is 4.51. The molecule has 2 saturated carbocycles. The quantitative estimate of drug-likeness (QED) is 0.417.